The van der Waals surface area contributed by atoms with Crippen LogP contribution in [-0.2, 0) is 11.3 Å². The molecule has 2 atom stereocenters. The van der Waals surface area contributed by atoms with Crippen LogP contribution < -0.4 is 0 Å². The molecule has 2 rings (SSSR count). The SMILES string of the molecule is CC[C@@H](C)C(=O)[C@@H](C#N)C(=O)c1ccc(Cn2cncn2)cc1. The van der Waals surface area contributed by atoms with Gasteiger partial charge in [0.1, 0.15) is 12.7 Å². The molecule has 0 aliphatic carbocycles. The van der Waals surface area contributed by atoms with E-state index in [0.717, 1.165) is 5.56 Å². The normalized spacial score (nSPS) is 13.1. The fraction of sp³-hybridized carbons (Fsp3) is 0.353. The number of hydrogen-bond acceptors (Lipinski definition) is 5. The topological polar surface area (TPSA) is 88.6 Å². The Morgan fingerprint density at radius 3 is 2.52 bits per heavy atom. The van der Waals surface area contributed by atoms with Crippen molar-refractivity contribution >= 4 is 11.6 Å². The van der Waals surface area contributed by atoms with E-state index in [1.807, 2.05) is 13.0 Å². The third kappa shape index (κ3) is 3.89. The Balaban J connectivity index is 2.13. The van der Waals surface area contributed by atoms with E-state index in [1.165, 1.54) is 6.33 Å². The maximum absolute atomic E-state index is 12.4. The van der Waals surface area contributed by atoms with Crippen LogP contribution in [-0.4, -0.2) is 26.3 Å². The number of benzene rings is 1. The van der Waals surface area contributed by atoms with Gasteiger partial charge in [0.2, 0.25) is 0 Å². The van der Waals surface area contributed by atoms with Crippen LogP contribution in [0.1, 0.15) is 36.2 Å². The molecule has 0 aliphatic heterocycles. The van der Waals surface area contributed by atoms with Gasteiger partial charge in [-0.25, -0.2) is 9.67 Å². The van der Waals surface area contributed by atoms with Crippen molar-refractivity contribution in [1.82, 2.24) is 14.8 Å². The van der Waals surface area contributed by atoms with Gasteiger partial charge in [0.05, 0.1) is 12.6 Å². The van der Waals surface area contributed by atoms with Crippen LogP contribution in [0.3, 0.4) is 0 Å². The van der Waals surface area contributed by atoms with Crippen molar-refractivity contribution in [2.24, 2.45) is 11.8 Å². The molecule has 0 bridgehead atoms. The molecule has 1 aromatic heterocycles. The maximum Gasteiger partial charge on any atom is 0.187 e. The summed E-state index contributed by atoms with van der Waals surface area (Å²) in [4.78, 5) is 28.4. The molecule has 0 unspecified atom stereocenters. The van der Waals surface area contributed by atoms with Crippen molar-refractivity contribution in [1.29, 1.82) is 5.26 Å². The molecule has 6 nitrogen and oxygen atoms in total. The first-order chi connectivity index (χ1) is 11.1. The predicted molar refractivity (Wildman–Crippen MR) is 83.5 cm³/mol. The fourth-order valence-corrected chi connectivity index (χ4v) is 2.18. The average Bonchev–Trinajstić information content (AvgIpc) is 3.08. The Hall–Kier alpha value is -2.81. The fourth-order valence-electron chi connectivity index (χ4n) is 2.18. The van der Waals surface area contributed by atoms with Gasteiger partial charge in [-0.05, 0) is 12.0 Å². The molecule has 0 N–H and O–H groups in total. The highest BCUT2D eigenvalue weighted by Crippen LogP contribution is 2.17. The molecule has 2 aromatic rings. The van der Waals surface area contributed by atoms with Gasteiger partial charge in [0.25, 0.3) is 0 Å². The highest BCUT2D eigenvalue weighted by Gasteiger charge is 2.30. The molecule has 0 fully saturated rings. The summed E-state index contributed by atoms with van der Waals surface area (Å²) in [6.45, 7) is 4.14. The quantitative estimate of drug-likeness (QED) is 0.578. The highest BCUT2D eigenvalue weighted by atomic mass is 16.2. The van der Waals surface area contributed by atoms with E-state index in [1.54, 1.807) is 42.2 Å². The Morgan fingerprint density at radius 2 is 2.00 bits per heavy atom. The van der Waals surface area contributed by atoms with Crippen LogP contribution in [0.2, 0.25) is 0 Å². The van der Waals surface area contributed by atoms with E-state index in [-0.39, 0.29) is 11.7 Å². The lowest BCUT2D eigenvalue weighted by molar-refractivity contribution is -0.123. The zero-order chi connectivity index (χ0) is 16.8. The first-order valence-corrected chi connectivity index (χ1v) is 7.45. The number of carbonyl (C=O) groups excluding carboxylic acids is 2. The van der Waals surface area contributed by atoms with Gasteiger partial charge in [-0.15, -0.1) is 0 Å². The lowest BCUT2D eigenvalue weighted by atomic mass is 9.87. The minimum Gasteiger partial charge on any atom is -0.297 e. The molecule has 0 radical (unpaired) electrons. The summed E-state index contributed by atoms with van der Waals surface area (Å²) in [5.74, 6) is -2.28. The molecule has 0 spiro atoms. The van der Waals surface area contributed by atoms with Crippen molar-refractivity contribution in [3.8, 4) is 6.07 Å². The van der Waals surface area contributed by atoms with Crippen LogP contribution in [0.25, 0.3) is 0 Å². The van der Waals surface area contributed by atoms with Crippen LogP contribution in [0.4, 0.5) is 0 Å². The molecule has 1 aromatic carbocycles. The Kier molecular flexibility index (Phi) is 5.36. The van der Waals surface area contributed by atoms with Gasteiger partial charge >= 0.3 is 0 Å². The van der Waals surface area contributed by atoms with E-state index in [4.69, 9.17) is 0 Å². The summed E-state index contributed by atoms with van der Waals surface area (Å²) in [7, 11) is 0. The van der Waals surface area contributed by atoms with Crippen LogP contribution >= 0.6 is 0 Å². The molecule has 0 saturated carbocycles. The number of hydrogen-bond donors (Lipinski definition) is 0. The third-order valence-electron chi connectivity index (χ3n) is 3.82. The number of rotatable bonds is 7. The summed E-state index contributed by atoms with van der Waals surface area (Å²) < 4.78 is 1.67. The molecule has 0 aliphatic rings. The Bertz CT molecular complexity index is 714. The van der Waals surface area contributed by atoms with Gasteiger partial charge in [0, 0.05) is 11.5 Å². The standard InChI is InChI=1S/C17H18N4O2/c1-3-12(2)16(22)15(8-18)17(23)14-6-4-13(5-7-14)9-21-11-19-10-20-21/h4-7,10-12,15H,3,9H2,1-2H3/t12-,15-/m1/s1. The number of carbonyl (C=O) groups is 2. The third-order valence-corrected chi connectivity index (χ3v) is 3.82. The van der Waals surface area contributed by atoms with E-state index >= 15 is 0 Å². The van der Waals surface area contributed by atoms with Crippen LogP contribution in [0, 0.1) is 23.2 Å². The Morgan fingerprint density at radius 1 is 1.30 bits per heavy atom. The second kappa shape index (κ2) is 7.45. The van der Waals surface area contributed by atoms with E-state index in [0.29, 0.717) is 18.5 Å². The zero-order valence-corrected chi connectivity index (χ0v) is 13.1. The molecule has 118 valence electrons. The summed E-state index contributed by atoms with van der Waals surface area (Å²) >= 11 is 0. The number of ketones is 2. The number of nitrogens with zero attached hydrogens (tertiary/aromatic N) is 4. The monoisotopic (exact) mass is 310 g/mol. The summed E-state index contributed by atoms with van der Waals surface area (Å²) in [6.07, 6.45) is 3.67. The second-order valence-corrected chi connectivity index (χ2v) is 5.43. The zero-order valence-electron chi connectivity index (χ0n) is 13.1. The largest absolute Gasteiger partial charge is 0.297 e. The molecule has 0 saturated heterocycles. The lowest BCUT2D eigenvalue weighted by Gasteiger charge is -2.12. The molecule has 23 heavy (non-hydrogen) atoms. The molecular weight excluding hydrogens is 292 g/mol. The van der Waals surface area contributed by atoms with Crippen molar-refractivity contribution < 1.29 is 9.59 Å². The van der Waals surface area contributed by atoms with Crippen molar-refractivity contribution in [2.75, 3.05) is 0 Å². The molecule has 6 heteroatoms. The van der Waals surface area contributed by atoms with Crippen molar-refractivity contribution in [2.45, 2.75) is 26.8 Å². The second-order valence-electron chi connectivity index (χ2n) is 5.43. The maximum atomic E-state index is 12.4. The number of nitriles is 1. The Labute approximate surface area is 134 Å². The molecule has 1 heterocycles. The van der Waals surface area contributed by atoms with Gasteiger partial charge in [-0.3, -0.25) is 9.59 Å². The number of aromatic nitrogens is 3. The lowest BCUT2D eigenvalue weighted by Crippen LogP contribution is -2.27. The number of Topliss-reactive ketones (excluding diaryl/α,β-unsaturated/α-hetero) is 2. The van der Waals surface area contributed by atoms with E-state index in [2.05, 4.69) is 10.1 Å². The van der Waals surface area contributed by atoms with Gasteiger partial charge in [0.15, 0.2) is 17.5 Å². The van der Waals surface area contributed by atoms with Crippen molar-refractivity contribution in [3.63, 3.8) is 0 Å². The van der Waals surface area contributed by atoms with Gasteiger partial charge < -0.3 is 0 Å². The minimum absolute atomic E-state index is 0.296. The summed E-state index contributed by atoms with van der Waals surface area (Å²) in [6, 6.07) is 8.71. The molecular formula is C17H18N4O2. The van der Waals surface area contributed by atoms with E-state index in [9.17, 15) is 14.9 Å². The minimum atomic E-state index is -1.23. The van der Waals surface area contributed by atoms with Crippen LogP contribution in [0.5, 0.6) is 0 Å². The van der Waals surface area contributed by atoms with Crippen molar-refractivity contribution in [3.05, 3.63) is 48.0 Å². The summed E-state index contributed by atoms with van der Waals surface area (Å²) in [5, 5.41) is 13.2. The average molecular weight is 310 g/mol. The first kappa shape index (κ1) is 16.6. The first-order valence-electron chi connectivity index (χ1n) is 7.45. The molecule has 0 amide bonds. The van der Waals surface area contributed by atoms with E-state index < -0.39 is 11.7 Å². The predicted octanol–water partition coefficient (Wildman–Crippen LogP) is 2.26. The van der Waals surface area contributed by atoms with Crippen LogP contribution in [0.15, 0.2) is 36.9 Å². The van der Waals surface area contributed by atoms with Gasteiger partial charge in [-0.1, -0.05) is 38.1 Å². The highest BCUT2D eigenvalue weighted by molar-refractivity contribution is 6.13. The smallest absolute Gasteiger partial charge is 0.187 e. The summed E-state index contributed by atoms with van der Waals surface area (Å²) in [5.41, 5.74) is 1.32. The van der Waals surface area contributed by atoms with Gasteiger partial charge in [-0.2, -0.15) is 10.4 Å².